The number of ether oxygens (including phenoxy) is 1. The summed E-state index contributed by atoms with van der Waals surface area (Å²) in [6.07, 6.45) is 5.16. The maximum absolute atomic E-state index is 5.95. The van der Waals surface area contributed by atoms with Crippen molar-refractivity contribution in [3.05, 3.63) is 18.2 Å². The number of rotatable bonds is 5. The van der Waals surface area contributed by atoms with Gasteiger partial charge in [-0.2, -0.15) is 0 Å². The van der Waals surface area contributed by atoms with Gasteiger partial charge in [0.1, 0.15) is 5.75 Å². The first-order valence-corrected chi connectivity index (χ1v) is 7.56. The van der Waals surface area contributed by atoms with Crippen LogP contribution in [0.1, 0.15) is 32.6 Å². The Bertz CT molecular complexity index is 604. The van der Waals surface area contributed by atoms with Gasteiger partial charge in [0.15, 0.2) is 5.82 Å². The highest BCUT2D eigenvalue weighted by atomic mass is 16.5. The topological polar surface area (TPSA) is 78.8 Å². The molecule has 0 radical (unpaired) electrons. The lowest BCUT2D eigenvalue weighted by Gasteiger charge is -2.11. The van der Waals surface area contributed by atoms with Crippen LogP contribution >= 0.6 is 0 Å². The van der Waals surface area contributed by atoms with E-state index in [0.29, 0.717) is 18.2 Å². The van der Waals surface area contributed by atoms with E-state index in [1.807, 2.05) is 29.8 Å². The van der Waals surface area contributed by atoms with Crippen molar-refractivity contribution in [3.63, 3.8) is 0 Å². The number of tetrazole rings is 1. The van der Waals surface area contributed by atoms with E-state index in [-0.39, 0.29) is 0 Å². The van der Waals surface area contributed by atoms with E-state index in [4.69, 9.17) is 10.5 Å². The molecule has 1 aliphatic carbocycles. The van der Waals surface area contributed by atoms with Crippen molar-refractivity contribution in [1.29, 1.82) is 0 Å². The lowest BCUT2D eigenvalue weighted by atomic mass is 10.1. The minimum absolute atomic E-state index is 0.607. The second kappa shape index (κ2) is 6.11. The molecule has 0 saturated heterocycles. The summed E-state index contributed by atoms with van der Waals surface area (Å²) in [6, 6.07) is 5.65. The van der Waals surface area contributed by atoms with Crippen molar-refractivity contribution >= 4 is 5.69 Å². The summed E-state index contributed by atoms with van der Waals surface area (Å²) in [5.74, 6) is 2.19. The zero-order valence-electron chi connectivity index (χ0n) is 12.3. The van der Waals surface area contributed by atoms with E-state index in [1.165, 1.54) is 25.7 Å². The third-order valence-electron chi connectivity index (χ3n) is 3.94. The van der Waals surface area contributed by atoms with Crippen LogP contribution in [-0.2, 0) is 6.54 Å². The first-order valence-electron chi connectivity index (χ1n) is 7.56. The number of nitrogens with zero attached hydrogens (tertiary/aromatic N) is 4. The molecule has 6 nitrogen and oxygen atoms in total. The molecule has 1 saturated carbocycles. The number of benzene rings is 1. The first kappa shape index (κ1) is 13.9. The predicted molar refractivity (Wildman–Crippen MR) is 80.8 cm³/mol. The Balaban J connectivity index is 1.87. The first-order chi connectivity index (χ1) is 10.3. The van der Waals surface area contributed by atoms with Crippen molar-refractivity contribution < 1.29 is 4.74 Å². The summed E-state index contributed by atoms with van der Waals surface area (Å²) >= 11 is 0. The second-order valence-corrected chi connectivity index (χ2v) is 5.56. The van der Waals surface area contributed by atoms with Gasteiger partial charge in [-0.3, -0.25) is 0 Å². The van der Waals surface area contributed by atoms with E-state index >= 15 is 0 Å². The van der Waals surface area contributed by atoms with Crippen LogP contribution in [0.3, 0.4) is 0 Å². The van der Waals surface area contributed by atoms with Gasteiger partial charge in [-0.1, -0.05) is 12.8 Å². The van der Waals surface area contributed by atoms with Gasteiger partial charge in [0, 0.05) is 23.9 Å². The molecule has 1 aromatic carbocycles. The minimum atomic E-state index is 0.607. The molecule has 1 aliphatic rings. The molecule has 2 N–H and O–H groups in total. The number of hydrogen-bond donors (Lipinski definition) is 1. The number of anilines is 1. The van der Waals surface area contributed by atoms with Crippen LogP contribution in [-0.4, -0.2) is 26.8 Å². The Morgan fingerprint density at radius 3 is 2.86 bits per heavy atom. The highest BCUT2D eigenvalue weighted by Gasteiger charge is 2.19. The second-order valence-electron chi connectivity index (χ2n) is 5.56. The summed E-state index contributed by atoms with van der Waals surface area (Å²) in [4.78, 5) is 0. The molecule has 6 heteroatoms. The molecule has 1 heterocycles. The average molecular weight is 287 g/mol. The summed E-state index contributed by atoms with van der Waals surface area (Å²) in [5.41, 5.74) is 7.51. The highest BCUT2D eigenvalue weighted by Crippen LogP contribution is 2.29. The smallest absolute Gasteiger partial charge is 0.182 e. The fraction of sp³-hybridized carbons (Fsp3) is 0.533. The predicted octanol–water partition coefficient (Wildman–Crippen LogP) is 2.51. The highest BCUT2D eigenvalue weighted by molar-refractivity contribution is 5.64. The summed E-state index contributed by atoms with van der Waals surface area (Å²) in [6.45, 7) is 3.43. The van der Waals surface area contributed by atoms with Crippen LogP contribution in [0, 0.1) is 5.92 Å². The van der Waals surface area contributed by atoms with Crippen LogP contribution in [0.2, 0.25) is 0 Å². The van der Waals surface area contributed by atoms with E-state index in [9.17, 15) is 0 Å². The minimum Gasteiger partial charge on any atom is -0.494 e. The molecular weight excluding hydrogens is 266 g/mol. The Morgan fingerprint density at radius 2 is 2.10 bits per heavy atom. The van der Waals surface area contributed by atoms with Crippen LogP contribution in [0.25, 0.3) is 11.4 Å². The summed E-state index contributed by atoms with van der Waals surface area (Å²) in [5, 5.41) is 12.1. The fourth-order valence-corrected chi connectivity index (χ4v) is 2.97. The van der Waals surface area contributed by atoms with Gasteiger partial charge in [0.2, 0.25) is 0 Å². The quantitative estimate of drug-likeness (QED) is 0.855. The molecule has 2 aromatic rings. The maximum Gasteiger partial charge on any atom is 0.182 e. The SMILES string of the molecule is CCOc1cc(N)cc(-c2nnnn2CC2CCCC2)c1. The molecule has 0 amide bonds. The third kappa shape index (κ3) is 3.15. The van der Waals surface area contributed by atoms with Crippen LogP contribution in [0.15, 0.2) is 18.2 Å². The zero-order valence-corrected chi connectivity index (χ0v) is 12.3. The van der Waals surface area contributed by atoms with E-state index in [2.05, 4.69) is 15.5 Å². The average Bonchev–Trinajstić information content (AvgIpc) is 3.10. The van der Waals surface area contributed by atoms with Gasteiger partial charge < -0.3 is 10.5 Å². The van der Waals surface area contributed by atoms with Gasteiger partial charge in [-0.05, 0) is 48.2 Å². The zero-order chi connectivity index (χ0) is 14.7. The standard InChI is InChI=1S/C15H21N5O/c1-2-21-14-8-12(7-13(16)9-14)15-17-18-19-20(15)10-11-5-3-4-6-11/h7-9,11H,2-6,10,16H2,1H3. The Labute approximate surface area is 124 Å². The normalized spacial score (nSPS) is 15.5. The molecule has 1 aromatic heterocycles. The van der Waals surface area contributed by atoms with Crippen LogP contribution in [0.4, 0.5) is 5.69 Å². The van der Waals surface area contributed by atoms with Gasteiger partial charge >= 0.3 is 0 Å². The molecule has 0 aliphatic heterocycles. The van der Waals surface area contributed by atoms with Gasteiger partial charge in [-0.15, -0.1) is 5.10 Å². The molecule has 112 valence electrons. The van der Waals surface area contributed by atoms with Crippen molar-refractivity contribution in [2.24, 2.45) is 5.92 Å². The molecule has 0 bridgehead atoms. The van der Waals surface area contributed by atoms with Crippen molar-refractivity contribution in [1.82, 2.24) is 20.2 Å². The van der Waals surface area contributed by atoms with E-state index < -0.39 is 0 Å². The molecule has 21 heavy (non-hydrogen) atoms. The van der Waals surface area contributed by atoms with Gasteiger partial charge in [-0.25, -0.2) is 4.68 Å². The fourth-order valence-electron chi connectivity index (χ4n) is 2.97. The molecule has 0 atom stereocenters. The number of nitrogen functional groups attached to an aromatic ring is 1. The van der Waals surface area contributed by atoms with Crippen molar-refractivity contribution in [2.75, 3.05) is 12.3 Å². The van der Waals surface area contributed by atoms with Crippen molar-refractivity contribution in [2.45, 2.75) is 39.2 Å². The van der Waals surface area contributed by atoms with Crippen LogP contribution in [0.5, 0.6) is 5.75 Å². The Hall–Kier alpha value is -2.11. The molecule has 1 fully saturated rings. The molecule has 3 rings (SSSR count). The monoisotopic (exact) mass is 287 g/mol. The number of nitrogens with two attached hydrogens (primary N) is 1. The van der Waals surface area contributed by atoms with Crippen LogP contribution < -0.4 is 10.5 Å². The Kier molecular flexibility index (Phi) is 4.03. The van der Waals surface area contributed by atoms with Crippen molar-refractivity contribution in [3.8, 4) is 17.1 Å². The third-order valence-corrected chi connectivity index (χ3v) is 3.94. The number of hydrogen-bond acceptors (Lipinski definition) is 5. The van der Waals surface area contributed by atoms with E-state index in [1.54, 1.807) is 0 Å². The maximum atomic E-state index is 5.95. The molecule has 0 unspecified atom stereocenters. The summed E-state index contributed by atoms with van der Waals surface area (Å²) in [7, 11) is 0. The molecular formula is C15H21N5O. The lowest BCUT2D eigenvalue weighted by Crippen LogP contribution is -2.10. The number of aromatic nitrogens is 4. The lowest BCUT2D eigenvalue weighted by molar-refractivity contribution is 0.340. The Morgan fingerprint density at radius 1 is 1.29 bits per heavy atom. The van der Waals surface area contributed by atoms with Gasteiger partial charge in [0.25, 0.3) is 0 Å². The molecule has 0 spiro atoms. The van der Waals surface area contributed by atoms with E-state index in [0.717, 1.165) is 23.7 Å². The van der Waals surface area contributed by atoms with Gasteiger partial charge in [0.05, 0.1) is 6.61 Å². The summed E-state index contributed by atoms with van der Waals surface area (Å²) < 4.78 is 7.43. The largest absolute Gasteiger partial charge is 0.494 e.